The Bertz CT molecular complexity index is 1610. The number of carbonyl (C=O) groups is 1. The minimum absolute atomic E-state index is 0.0216. The Morgan fingerprint density at radius 2 is 1.92 bits per heavy atom. The van der Waals surface area contributed by atoms with E-state index in [1.807, 2.05) is 12.1 Å². The maximum absolute atomic E-state index is 13.2. The molecular formula is C25H21Cl2N7O2. The molecule has 2 amide bonds. The van der Waals surface area contributed by atoms with Crippen molar-refractivity contribution in [3.05, 3.63) is 79.8 Å². The van der Waals surface area contributed by atoms with Gasteiger partial charge in [0.1, 0.15) is 11.2 Å². The molecule has 1 spiro atoms. The third kappa shape index (κ3) is 3.66. The molecule has 1 aliphatic heterocycles. The van der Waals surface area contributed by atoms with Crippen molar-refractivity contribution in [2.75, 3.05) is 11.9 Å². The van der Waals surface area contributed by atoms with Gasteiger partial charge in [0.05, 0.1) is 21.1 Å². The largest absolute Gasteiger partial charge is 0.351 e. The Morgan fingerprint density at radius 3 is 2.61 bits per heavy atom. The van der Waals surface area contributed by atoms with E-state index in [2.05, 4.69) is 26.4 Å². The number of para-hydroxylation sites is 1. The minimum Gasteiger partial charge on any atom is -0.351 e. The van der Waals surface area contributed by atoms with E-state index in [9.17, 15) is 9.59 Å². The van der Waals surface area contributed by atoms with Gasteiger partial charge in [0, 0.05) is 30.4 Å². The number of aryl methyl sites for hydroxylation is 1. The summed E-state index contributed by atoms with van der Waals surface area (Å²) in [6.45, 7) is 2.89. The fourth-order valence-corrected chi connectivity index (χ4v) is 5.53. The molecule has 11 heteroatoms. The van der Waals surface area contributed by atoms with Gasteiger partial charge in [-0.1, -0.05) is 35.3 Å². The van der Waals surface area contributed by atoms with Crippen LogP contribution in [-0.2, 0) is 12.0 Å². The standard InChI is InChI=1S/C25H21Cl2N7O2/c1-13-20-16(22(35)34(32-13)21-18(26)3-2-4-19(21)27)10-29-24(31-20)30-15-5-6-17-14(9-15)11-33(23(28)36)12-25(17)7-8-25/h2-6,9-10H,7-8,11-12H2,1H3,(H2,28,36)(H,29,30,31). The van der Waals surface area contributed by atoms with Crippen LogP contribution in [-0.4, -0.2) is 37.2 Å². The fourth-order valence-electron chi connectivity index (χ4n) is 4.97. The third-order valence-electron chi connectivity index (χ3n) is 6.91. The number of urea groups is 1. The molecule has 0 bridgehead atoms. The van der Waals surface area contributed by atoms with Gasteiger partial charge in [-0.3, -0.25) is 4.79 Å². The number of fused-ring (bicyclic) bond motifs is 3. The second-order valence-electron chi connectivity index (χ2n) is 9.30. The van der Waals surface area contributed by atoms with Gasteiger partial charge in [-0.15, -0.1) is 0 Å². The average molecular weight is 522 g/mol. The molecule has 0 radical (unpaired) electrons. The normalized spacial score (nSPS) is 15.7. The Morgan fingerprint density at radius 1 is 1.17 bits per heavy atom. The molecule has 3 N–H and O–H groups in total. The molecule has 2 aromatic heterocycles. The lowest BCUT2D eigenvalue weighted by molar-refractivity contribution is 0.193. The van der Waals surface area contributed by atoms with Crippen LogP contribution in [0.3, 0.4) is 0 Å². The number of rotatable bonds is 3. The summed E-state index contributed by atoms with van der Waals surface area (Å²) in [4.78, 5) is 35.7. The molecular weight excluding hydrogens is 501 g/mol. The van der Waals surface area contributed by atoms with Crippen LogP contribution >= 0.6 is 23.2 Å². The maximum atomic E-state index is 13.2. The van der Waals surface area contributed by atoms with Crippen molar-refractivity contribution in [2.45, 2.75) is 31.7 Å². The molecule has 0 unspecified atom stereocenters. The molecule has 6 rings (SSSR count). The van der Waals surface area contributed by atoms with Crippen molar-refractivity contribution in [1.82, 2.24) is 24.6 Å². The lowest BCUT2D eigenvalue weighted by atomic mass is 9.87. The van der Waals surface area contributed by atoms with E-state index in [1.54, 1.807) is 30.0 Å². The number of halogens is 2. The highest BCUT2D eigenvalue weighted by atomic mass is 35.5. The van der Waals surface area contributed by atoms with Crippen molar-refractivity contribution in [1.29, 1.82) is 0 Å². The number of hydrogen-bond donors (Lipinski definition) is 2. The molecule has 2 aromatic carbocycles. The zero-order valence-electron chi connectivity index (χ0n) is 19.3. The molecule has 9 nitrogen and oxygen atoms in total. The van der Waals surface area contributed by atoms with Crippen LogP contribution in [0.15, 0.2) is 47.4 Å². The van der Waals surface area contributed by atoms with Crippen LogP contribution in [0.25, 0.3) is 16.6 Å². The number of amides is 2. The highest BCUT2D eigenvalue weighted by Crippen LogP contribution is 2.52. The molecule has 0 saturated heterocycles. The summed E-state index contributed by atoms with van der Waals surface area (Å²) >= 11 is 12.6. The third-order valence-corrected chi connectivity index (χ3v) is 7.52. The number of hydrogen-bond acceptors (Lipinski definition) is 6. The van der Waals surface area contributed by atoms with E-state index in [0.717, 1.165) is 24.1 Å². The van der Waals surface area contributed by atoms with E-state index in [0.29, 0.717) is 51.4 Å². The van der Waals surface area contributed by atoms with Gasteiger partial charge in [-0.05, 0) is 55.2 Å². The molecule has 1 aliphatic carbocycles. The van der Waals surface area contributed by atoms with Crippen molar-refractivity contribution >= 4 is 51.8 Å². The minimum atomic E-state index is -0.424. The van der Waals surface area contributed by atoms with E-state index < -0.39 is 11.6 Å². The number of aromatic nitrogens is 4. The number of carbonyl (C=O) groups excluding carboxylic acids is 1. The van der Waals surface area contributed by atoms with Crippen LogP contribution < -0.4 is 16.6 Å². The van der Waals surface area contributed by atoms with Gasteiger partial charge in [-0.25, -0.2) is 14.8 Å². The Kier molecular flexibility index (Phi) is 5.17. The summed E-state index contributed by atoms with van der Waals surface area (Å²) in [5.41, 5.74) is 9.53. The smallest absolute Gasteiger partial charge is 0.315 e. The predicted octanol–water partition coefficient (Wildman–Crippen LogP) is 4.46. The molecule has 36 heavy (non-hydrogen) atoms. The van der Waals surface area contributed by atoms with Gasteiger partial charge < -0.3 is 16.0 Å². The first kappa shape index (κ1) is 22.8. The van der Waals surface area contributed by atoms with Crippen molar-refractivity contribution in [2.24, 2.45) is 5.73 Å². The van der Waals surface area contributed by atoms with Crippen LogP contribution in [0.2, 0.25) is 10.0 Å². The first-order chi connectivity index (χ1) is 17.3. The zero-order valence-corrected chi connectivity index (χ0v) is 20.8. The molecule has 1 saturated carbocycles. The average Bonchev–Trinajstić information content (AvgIpc) is 3.61. The van der Waals surface area contributed by atoms with Gasteiger partial charge in [-0.2, -0.15) is 9.78 Å². The van der Waals surface area contributed by atoms with Gasteiger partial charge in [0.15, 0.2) is 0 Å². The first-order valence-corrected chi connectivity index (χ1v) is 12.2. The van der Waals surface area contributed by atoms with Gasteiger partial charge >= 0.3 is 6.03 Å². The van der Waals surface area contributed by atoms with Gasteiger partial charge in [0.25, 0.3) is 5.56 Å². The Hall–Kier alpha value is -3.69. The summed E-state index contributed by atoms with van der Waals surface area (Å²) in [5, 5.41) is 8.54. The van der Waals surface area contributed by atoms with E-state index in [1.165, 1.54) is 16.4 Å². The Balaban J connectivity index is 1.36. The van der Waals surface area contributed by atoms with Gasteiger partial charge in [0.2, 0.25) is 5.95 Å². The topological polar surface area (TPSA) is 119 Å². The molecule has 1 fully saturated rings. The van der Waals surface area contributed by atoms with Crippen molar-refractivity contribution in [3.8, 4) is 5.69 Å². The highest BCUT2D eigenvalue weighted by Gasteiger charge is 2.49. The van der Waals surface area contributed by atoms with Crippen LogP contribution in [0, 0.1) is 6.92 Å². The lowest BCUT2D eigenvalue weighted by Gasteiger charge is -2.34. The first-order valence-electron chi connectivity index (χ1n) is 11.4. The maximum Gasteiger partial charge on any atom is 0.315 e. The van der Waals surface area contributed by atoms with Crippen LogP contribution in [0.4, 0.5) is 16.4 Å². The van der Waals surface area contributed by atoms with Crippen molar-refractivity contribution < 1.29 is 4.79 Å². The second kappa shape index (κ2) is 8.18. The number of nitrogens with one attached hydrogen (secondary N) is 1. The number of primary amides is 1. The second-order valence-corrected chi connectivity index (χ2v) is 10.1. The SMILES string of the molecule is Cc1nn(-c2c(Cl)cccc2Cl)c(=O)c2cnc(Nc3ccc4c(c3)CN(C(N)=O)CC43CC3)nc12. The Labute approximate surface area is 215 Å². The van der Waals surface area contributed by atoms with Crippen LogP contribution in [0.1, 0.15) is 29.7 Å². The summed E-state index contributed by atoms with van der Waals surface area (Å²) in [6.07, 6.45) is 3.57. The molecule has 4 aromatic rings. The number of nitrogens with two attached hydrogens (primary N) is 1. The van der Waals surface area contributed by atoms with E-state index in [4.69, 9.17) is 28.9 Å². The van der Waals surface area contributed by atoms with Crippen molar-refractivity contribution in [3.63, 3.8) is 0 Å². The molecule has 0 atom stereocenters. The fraction of sp³-hybridized carbons (Fsp3) is 0.240. The molecule has 182 valence electrons. The molecule has 2 aliphatic rings. The lowest BCUT2D eigenvalue weighted by Crippen LogP contribution is -2.44. The monoisotopic (exact) mass is 521 g/mol. The summed E-state index contributed by atoms with van der Waals surface area (Å²) < 4.78 is 1.18. The zero-order chi connectivity index (χ0) is 25.2. The highest BCUT2D eigenvalue weighted by molar-refractivity contribution is 6.37. The summed E-state index contributed by atoms with van der Waals surface area (Å²) in [5.74, 6) is 0.323. The summed E-state index contributed by atoms with van der Waals surface area (Å²) in [6, 6.07) is 10.7. The quantitative estimate of drug-likeness (QED) is 0.410. The van der Waals surface area contributed by atoms with Crippen LogP contribution in [0.5, 0.6) is 0 Å². The van der Waals surface area contributed by atoms with E-state index >= 15 is 0 Å². The summed E-state index contributed by atoms with van der Waals surface area (Å²) in [7, 11) is 0. The number of benzene rings is 2. The van der Waals surface area contributed by atoms with E-state index in [-0.39, 0.29) is 5.41 Å². The number of nitrogens with zero attached hydrogens (tertiary/aromatic N) is 5. The molecule has 3 heterocycles. The number of anilines is 2. The predicted molar refractivity (Wildman–Crippen MR) is 138 cm³/mol.